The molecule has 2 amide bonds. The van der Waals surface area contributed by atoms with Crippen LogP contribution in [-0.2, 0) is 9.59 Å². The van der Waals surface area contributed by atoms with Gasteiger partial charge in [-0.15, -0.1) is 0 Å². The third-order valence-corrected chi connectivity index (χ3v) is 6.25. The molecule has 1 saturated heterocycles. The fourth-order valence-electron chi connectivity index (χ4n) is 4.18. The van der Waals surface area contributed by atoms with Crippen molar-refractivity contribution < 1.29 is 9.59 Å². The molecule has 0 spiro atoms. The predicted molar refractivity (Wildman–Crippen MR) is 121 cm³/mol. The van der Waals surface area contributed by atoms with Gasteiger partial charge in [0.25, 0.3) is 11.8 Å². The fourth-order valence-corrected chi connectivity index (χ4v) is 4.69. The molecule has 2 aromatic carbocycles. The smallest absolute Gasteiger partial charge is 0.282 e. The largest absolute Gasteiger partial charge is 0.366 e. The Morgan fingerprint density at radius 3 is 2.13 bits per heavy atom. The van der Waals surface area contributed by atoms with Gasteiger partial charge in [-0.1, -0.05) is 53.5 Å². The number of amides is 2. The molecule has 0 aromatic heterocycles. The van der Waals surface area contributed by atoms with E-state index in [1.165, 1.54) is 4.90 Å². The van der Waals surface area contributed by atoms with E-state index in [1.807, 2.05) is 42.3 Å². The van der Waals surface area contributed by atoms with Crippen LogP contribution in [0.1, 0.15) is 18.4 Å². The Kier molecular flexibility index (Phi) is 5.87. The monoisotopic (exact) mass is 443 g/mol. The highest BCUT2D eigenvalue weighted by Gasteiger charge is 2.43. The van der Waals surface area contributed by atoms with Crippen LogP contribution in [0.15, 0.2) is 54.2 Å². The molecule has 1 fully saturated rings. The highest BCUT2D eigenvalue weighted by Crippen LogP contribution is 2.37. The first-order valence-electron chi connectivity index (χ1n) is 9.92. The zero-order chi connectivity index (χ0) is 21.4. The van der Waals surface area contributed by atoms with Crippen LogP contribution in [0, 0.1) is 0 Å². The molecule has 30 heavy (non-hydrogen) atoms. The van der Waals surface area contributed by atoms with Crippen molar-refractivity contribution in [3.8, 4) is 0 Å². The molecular weight excluding hydrogens is 421 g/mol. The standard InChI is InChI=1S/C23H23Cl2N3O2/c1-26-10-8-18(9-11-26)27(2)21-20(15-6-4-3-5-7-15)22(29)28(23(21)30)19-13-16(24)12-17(25)14-19/h3-7,12-14,18H,8-11H2,1-2H3. The maximum atomic E-state index is 13.6. The number of likely N-dealkylation sites (N-methyl/N-ethyl adjacent to an activating group) is 1. The molecule has 0 N–H and O–H groups in total. The van der Waals surface area contributed by atoms with Crippen molar-refractivity contribution in [2.24, 2.45) is 0 Å². The molecule has 0 atom stereocenters. The van der Waals surface area contributed by atoms with Gasteiger partial charge < -0.3 is 9.80 Å². The molecular formula is C23H23Cl2N3O2. The molecule has 0 saturated carbocycles. The number of hydrogen-bond acceptors (Lipinski definition) is 4. The van der Waals surface area contributed by atoms with Crippen LogP contribution in [0.3, 0.4) is 0 Å². The summed E-state index contributed by atoms with van der Waals surface area (Å²) in [5, 5.41) is 0.743. The molecule has 0 unspecified atom stereocenters. The maximum Gasteiger partial charge on any atom is 0.282 e. The number of benzene rings is 2. The van der Waals surface area contributed by atoms with Crippen LogP contribution >= 0.6 is 23.2 Å². The van der Waals surface area contributed by atoms with Gasteiger partial charge in [0.2, 0.25) is 0 Å². The van der Waals surface area contributed by atoms with E-state index in [1.54, 1.807) is 18.2 Å². The van der Waals surface area contributed by atoms with Crippen molar-refractivity contribution in [2.45, 2.75) is 18.9 Å². The van der Waals surface area contributed by atoms with Gasteiger partial charge in [0, 0.05) is 23.1 Å². The number of anilines is 1. The number of carbonyl (C=O) groups is 2. The van der Waals surface area contributed by atoms with Crippen LogP contribution in [0.25, 0.3) is 5.57 Å². The van der Waals surface area contributed by atoms with Gasteiger partial charge in [-0.05, 0) is 56.7 Å². The second-order valence-electron chi connectivity index (χ2n) is 7.81. The second-order valence-corrected chi connectivity index (χ2v) is 8.68. The van der Waals surface area contributed by atoms with Crippen molar-refractivity contribution in [3.63, 3.8) is 0 Å². The summed E-state index contributed by atoms with van der Waals surface area (Å²) in [5.74, 6) is -0.710. The first-order valence-corrected chi connectivity index (χ1v) is 10.7. The molecule has 156 valence electrons. The van der Waals surface area contributed by atoms with Crippen LogP contribution in [0.5, 0.6) is 0 Å². The van der Waals surface area contributed by atoms with Gasteiger partial charge in [0.1, 0.15) is 5.70 Å². The Balaban J connectivity index is 1.79. The van der Waals surface area contributed by atoms with E-state index in [-0.39, 0.29) is 17.9 Å². The number of carbonyl (C=O) groups excluding carboxylic acids is 2. The second kappa shape index (κ2) is 8.42. The van der Waals surface area contributed by atoms with Gasteiger partial charge in [0.05, 0.1) is 11.3 Å². The first kappa shape index (κ1) is 20.9. The number of hydrogen-bond donors (Lipinski definition) is 0. The average molecular weight is 444 g/mol. The lowest BCUT2D eigenvalue weighted by atomic mass is 10.0. The minimum atomic E-state index is -0.362. The summed E-state index contributed by atoms with van der Waals surface area (Å²) in [6.45, 7) is 1.91. The molecule has 7 heteroatoms. The number of imide groups is 1. The van der Waals surface area contributed by atoms with Crippen molar-refractivity contribution in [1.29, 1.82) is 0 Å². The zero-order valence-corrected chi connectivity index (χ0v) is 18.5. The van der Waals surface area contributed by atoms with Gasteiger partial charge in [-0.3, -0.25) is 9.59 Å². The lowest BCUT2D eigenvalue weighted by Gasteiger charge is -2.36. The summed E-state index contributed by atoms with van der Waals surface area (Å²) < 4.78 is 0. The maximum absolute atomic E-state index is 13.6. The number of nitrogens with zero attached hydrogens (tertiary/aromatic N) is 3. The molecule has 5 nitrogen and oxygen atoms in total. The molecule has 0 radical (unpaired) electrons. The third kappa shape index (κ3) is 3.85. The summed E-state index contributed by atoms with van der Waals surface area (Å²) in [6.07, 6.45) is 1.87. The molecule has 2 aliphatic heterocycles. The highest BCUT2D eigenvalue weighted by atomic mass is 35.5. The molecule has 0 aliphatic carbocycles. The van der Waals surface area contributed by atoms with Crippen molar-refractivity contribution in [3.05, 3.63) is 69.8 Å². The summed E-state index contributed by atoms with van der Waals surface area (Å²) in [4.78, 5) is 32.5. The molecule has 2 aliphatic rings. The molecule has 4 rings (SSSR count). The Morgan fingerprint density at radius 2 is 1.53 bits per heavy atom. The van der Waals surface area contributed by atoms with E-state index >= 15 is 0 Å². The van der Waals surface area contributed by atoms with Gasteiger partial charge in [0.15, 0.2) is 0 Å². The predicted octanol–water partition coefficient (Wildman–Crippen LogP) is 4.30. The lowest BCUT2D eigenvalue weighted by molar-refractivity contribution is -0.120. The van der Waals surface area contributed by atoms with Crippen LogP contribution in [0.2, 0.25) is 10.0 Å². The lowest BCUT2D eigenvalue weighted by Crippen LogP contribution is -2.43. The Morgan fingerprint density at radius 1 is 0.933 bits per heavy atom. The molecule has 2 aromatic rings. The number of rotatable bonds is 4. The van der Waals surface area contributed by atoms with Crippen molar-refractivity contribution >= 4 is 46.3 Å². The van der Waals surface area contributed by atoms with Crippen LogP contribution in [-0.4, -0.2) is 54.8 Å². The van der Waals surface area contributed by atoms with E-state index in [0.717, 1.165) is 31.5 Å². The van der Waals surface area contributed by atoms with E-state index < -0.39 is 0 Å². The van der Waals surface area contributed by atoms with Crippen molar-refractivity contribution in [2.75, 3.05) is 32.1 Å². The van der Waals surface area contributed by atoms with Crippen LogP contribution < -0.4 is 4.90 Å². The fraction of sp³-hybridized carbons (Fsp3) is 0.304. The minimum absolute atomic E-state index is 0.189. The Hall–Kier alpha value is -2.34. The van der Waals surface area contributed by atoms with Gasteiger partial charge in [-0.25, -0.2) is 4.90 Å². The van der Waals surface area contributed by atoms with E-state index in [9.17, 15) is 9.59 Å². The van der Waals surface area contributed by atoms with Gasteiger partial charge >= 0.3 is 0 Å². The summed E-state index contributed by atoms with van der Waals surface area (Å²) in [7, 11) is 4.01. The number of piperidine rings is 1. The Labute approximate surface area is 186 Å². The molecule has 2 heterocycles. The average Bonchev–Trinajstić information content (AvgIpc) is 2.98. The summed E-state index contributed by atoms with van der Waals surface area (Å²) >= 11 is 12.3. The zero-order valence-electron chi connectivity index (χ0n) is 16.9. The number of likely N-dealkylation sites (tertiary alicyclic amines) is 1. The summed E-state index contributed by atoms with van der Waals surface area (Å²) in [5.41, 5.74) is 1.94. The van der Waals surface area contributed by atoms with Crippen molar-refractivity contribution in [1.82, 2.24) is 9.80 Å². The van der Waals surface area contributed by atoms with Gasteiger partial charge in [-0.2, -0.15) is 0 Å². The quantitative estimate of drug-likeness (QED) is 0.660. The first-order chi connectivity index (χ1) is 14.4. The highest BCUT2D eigenvalue weighted by molar-refractivity contribution is 6.46. The SMILES string of the molecule is CN1CCC(N(C)C2=C(c3ccccc3)C(=O)N(c3cc(Cl)cc(Cl)c3)C2=O)CC1. The van der Waals surface area contributed by atoms with E-state index in [0.29, 0.717) is 27.0 Å². The normalized spacial score (nSPS) is 18.5. The molecule has 0 bridgehead atoms. The number of halogens is 2. The topological polar surface area (TPSA) is 43.9 Å². The third-order valence-electron chi connectivity index (χ3n) is 5.82. The Bertz CT molecular complexity index is 994. The van der Waals surface area contributed by atoms with E-state index in [2.05, 4.69) is 11.9 Å². The minimum Gasteiger partial charge on any atom is -0.366 e. The van der Waals surface area contributed by atoms with Crippen LogP contribution in [0.4, 0.5) is 5.69 Å². The summed E-state index contributed by atoms with van der Waals surface area (Å²) in [6, 6.07) is 14.3. The van der Waals surface area contributed by atoms with E-state index in [4.69, 9.17) is 23.2 Å².